The Labute approximate surface area is 103 Å². The largest absolute Gasteiger partial charge is 0.396 e. The molecule has 0 atom stereocenters. The van der Waals surface area contributed by atoms with E-state index in [1.807, 2.05) is 0 Å². The Morgan fingerprint density at radius 2 is 2.12 bits per heavy atom. The molecule has 0 unspecified atom stereocenters. The van der Waals surface area contributed by atoms with E-state index in [-0.39, 0.29) is 5.41 Å². The van der Waals surface area contributed by atoms with Gasteiger partial charge in [0.2, 0.25) is 0 Å². The Morgan fingerprint density at radius 1 is 1.38 bits per heavy atom. The summed E-state index contributed by atoms with van der Waals surface area (Å²) in [6.45, 7) is 6.66. The molecule has 16 heavy (non-hydrogen) atoms. The first-order valence-electron chi connectivity index (χ1n) is 6.09. The molecular formula is C13H23NOS. The highest BCUT2D eigenvalue weighted by Gasteiger charge is 2.24. The third-order valence-corrected chi connectivity index (χ3v) is 4.28. The van der Waals surface area contributed by atoms with Crippen molar-refractivity contribution in [2.24, 2.45) is 5.41 Å². The normalized spacial score (nSPS) is 11.9. The predicted octanol–water partition coefficient (Wildman–Crippen LogP) is 3.03. The molecule has 0 aliphatic carbocycles. The number of aliphatic hydroxyl groups is 1. The number of hydrogen-bond acceptors (Lipinski definition) is 3. The molecule has 1 aromatic rings. The first-order chi connectivity index (χ1) is 7.76. The molecule has 0 bridgehead atoms. The Morgan fingerprint density at radius 3 is 2.62 bits per heavy atom. The van der Waals surface area contributed by atoms with Crippen LogP contribution in [-0.4, -0.2) is 18.3 Å². The van der Waals surface area contributed by atoms with E-state index < -0.39 is 0 Å². The fraction of sp³-hybridized carbons (Fsp3) is 0.692. The molecule has 92 valence electrons. The zero-order valence-corrected chi connectivity index (χ0v) is 11.1. The van der Waals surface area contributed by atoms with E-state index in [4.69, 9.17) is 5.11 Å². The lowest BCUT2D eigenvalue weighted by Gasteiger charge is -2.31. The van der Waals surface area contributed by atoms with Crippen LogP contribution in [0.5, 0.6) is 0 Å². The van der Waals surface area contributed by atoms with Gasteiger partial charge in [0.1, 0.15) is 0 Å². The zero-order valence-electron chi connectivity index (χ0n) is 10.3. The summed E-state index contributed by atoms with van der Waals surface area (Å²) in [4.78, 5) is 0. The highest BCUT2D eigenvalue weighted by Crippen LogP contribution is 2.29. The van der Waals surface area contributed by atoms with E-state index in [1.165, 1.54) is 5.56 Å². The number of rotatable bonds is 8. The van der Waals surface area contributed by atoms with Crippen LogP contribution in [0.3, 0.4) is 0 Å². The third-order valence-electron chi connectivity index (χ3n) is 3.55. The van der Waals surface area contributed by atoms with Crippen LogP contribution in [-0.2, 0) is 6.54 Å². The summed E-state index contributed by atoms with van der Waals surface area (Å²) in [7, 11) is 0. The molecule has 0 saturated carbocycles. The van der Waals surface area contributed by atoms with Crippen molar-refractivity contribution < 1.29 is 5.11 Å². The van der Waals surface area contributed by atoms with Crippen molar-refractivity contribution in [3.8, 4) is 0 Å². The van der Waals surface area contributed by atoms with Crippen LogP contribution < -0.4 is 5.32 Å². The van der Waals surface area contributed by atoms with Gasteiger partial charge in [-0.05, 0) is 47.1 Å². The Bertz CT molecular complexity index is 267. The van der Waals surface area contributed by atoms with Gasteiger partial charge in [0.15, 0.2) is 0 Å². The maximum atomic E-state index is 9.12. The molecule has 2 N–H and O–H groups in total. The van der Waals surface area contributed by atoms with Crippen LogP contribution in [0.1, 0.15) is 38.7 Å². The highest BCUT2D eigenvalue weighted by atomic mass is 32.1. The van der Waals surface area contributed by atoms with Crippen LogP contribution in [0.2, 0.25) is 0 Å². The smallest absolute Gasteiger partial charge is 0.0436 e. The number of hydrogen-bond donors (Lipinski definition) is 2. The Hall–Kier alpha value is -0.380. The van der Waals surface area contributed by atoms with Crippen molar-refractivity contribution in [1.29, 1.82) is 0 Å². The van der Waals surface area contributed by atoms with Gasteiger partial charge < -0.3 is 10.4 Å². The second-order valence-corrected chi connectivity index (χ2v) is 5.20. The van der Waals surface area contributed by atoms with E-state index in [1.54, 1.807) is 11.3 Å². The van der Waals surface area contributed by atoms with E-state index in [0.717, 1.165) is 32.4 Å². The van der Waals surface area contributed by atoms with Gasteiger partial charge in [0.05, 0.1) is 0 Å². The summed E-state index contributed by atoms with van der Waals surface area (Å²) in [5.41, 5.74) is 1.63. The number of nitrogens with one attached hydrogen (secondary N) is 1. The van der Waals surface area contributed by atoms with Crippen LogP contribution >= 0.6 is 11.3 Å². The summed E-state index contributed by atoms with van der Waals surface area (Å²) in [5.74, 6) is 0. The molecule has 0 aromatic carbocycles. The van der Waals surface area contributed by atoms with E-state index in [0.29, 0.717) is 6.61 Å². The molecule has 0 radical (unpaired) electrons. The average Bonchev–Trinajstić information content (AvgIpc) is 2.81. The SMILES string of the molecule is CCC(CC)(CCO)CNCc1ccsc1. The Balaban J connectivity index is 2.37. The maximum Gasteiger partial charge on any atom is 0.0436 e. The van der Waals surface area contributed by atoms with Crippen LogP contribution in [0.15, 0.2) is 16.8 Å². The monoisotopic (exact) mass is 241 g/mol. The van der Waals surface area contributed by atoms with Gasteiger partial charge in [-0.2, -0.15) is 11.3 Å². The van der Waals surface area contributed by atoms with Gasteiger partial charge >= 0.3 is 0 Å². The zero-order chi connectivity index (χ0) is 11.9. The molecule has 1 aromatic heterocycles. The van der Waals surface area contributed by atoms with Crippen molar-refractivity contribution in [1.82, 2.24) is 5.32 Å². The molecule has 0 spiro atoms. The Kier molecular flexibility index (Phi) is 6.03. The second-order valence-electron chi connectivity index (χ2n) is 4.42. The molecule has 3 heteroatoms. The molecule has 0 saturated heterocycles. The molecule has 0 aliphatic rings. The fourth-order valence-corrected chi connectivity index (χ4v) is 2.71. The predicted molar refractivity (Wildman–Crippen MR) is 70.7 cm³/mol. The molecule has 0 aliphatic heterocycles. The highest BCUT2D eigenvalue weighted by molar-refractivity contribution is 7.07. The molecule has 2 nitrogen and oxygen atoms in total. The van der Waals surface area contributed by atoms with Gasteiger partial charge in [0.25, 0.3) is 0 Å². The molecule has 1 rings (SSSR count). The van der Waals surface area contributed by atoms with Crippen molar-refractivity contribution in [3.05, 3.63) is 22.4 Å². The lowest BCUT2D eigenvalue weighted by Crippen LogP contribution is -2.34. The fourth-order valence-electron chi connectivity index (χ4n) is 2.04. The van der Waals surface area contributed by atoms with Crippen molar-refractivity contribution in [2.75, 3.05) is 13.2 Å². The second kappa shape index (κ2) is 7.05. The first kappa shape index (κ1) is 13.7. The van der Waals surface area contributed by atoms with E-state index >= 15 is 0 Å². The van der Waals surface area contributed by atoms with Crippen LogP contribution in [0, 0.1) is 5.41 Å². The van der Waals surface area contributed by atoms with Gasteiger partial charge in [-0.1, -0.05) is 13.8 Å². The summed E-state index contributed by atoms with van der Waals surface area (Å²) in [6, 6.07) is 2.16. The summed E-state index contributed by atoms with van der Waals surface area (Å²) in [5, 5.41) is 16.9. The van der Waals surface area contributed by atoms with E-state index in [9.17, 15) is 0 Å². The van der Waals surface area contributed by atoms with Gasteiger partial charge in [-0.15, -0.1) is 0 Å². The van der Waals surface area contributed by atoms with Gasteiger partial charge in [0, 0.05) is 19.7 Å². The summed E-state index contributed by atoms with van der Waals surface area (Å²) >= 11 is 1.74. The molecule has 0 fully saturated rings. The number of thiophene rings is 1. The summed E-state index contributed by atoms with van der Waals surface area (Å²) < 4.78 is 0. The third kappa shape index (κ3) is 3.89. The van der Waals surface area contributed by atoms with Crippen molar-refractivity contribution in [2.45, 2.75) is 39.7 Å². The first-order valence-corrected chi connectivity index (χ1v) is 7.03. The minimum absolute atomic E-state index is 0.269. The minimum atomic E-state index is 0.269. The maximum absolute atomic E-state index is 9.12. The molecular weight excluding hydrogens is 218 g/mol. The number of aliphatic hydroxyl groups excluding tert-OH is 1. The minimum Gasteiger partial charge on any atom is -0.396 e. The van der Waals surface area contributed by atoms with Gasteiger partial charge in [-0.3, -0.25) is 0 Å². The summed E-state index contributed by atoms with van der Waals surface area (Å²) in [6.07, 6.45) is 3.15. The van der Waals surface area contributed by atoms with Crippen molar-refractivity contribution in [3.63, 3.8) is 0 Å². The topological polar surface area (TPSA) is 32.3 Å². The van der Waals surface area contributed by atoms with E-state index in [2.05, 4.69) is 36.0 Å². The lowest BCUT2D eigenvalue weighted by atomic mass is 9.79. The standard InChI is InChI=1S/C13H23NOS/c1-3-13(4-2,6-7-15)11-14-9-12-5-8-16-10-12/h5,8,10,14-15H,3-4,6-7,9,11H2,1-2H3. The van der Waals surface area contributed by atoms with Crippen molar-refractivity contribution >= 4 is 11.3 Å². The molecule has 1 heterocycles. The quantitative estimate of drug-likeness (QED) is 0.733. The molecule has 0 amide bonds. The van der Waals surface area contributed by atoms with Crippen LogP contribution in [0.25, 0.3) is 0 Å². The van der Waals surface area contributed by atoms with Crippen LogP contribution in [0.4, 0.5) is 0 Å². The average molecular weight is 241 g/mol. The van der Waals surface area contributed by atoms with Gasteiger partial charge in [-0.25, -0.2) is 0 Å². The lowest BCUT2D eigenvalue weighted by molar-refractivity contribution is 0.163.